The fourth-order valence-corrected chi connectivity index (χ4v) is 1.94. The topological polar surface area (TPSA) is 53.6 Å². The number of ether oxygens (including phenoxy) is 1. The second kappa shape index (κ2) is 7.71. The lowest BCUT2D eigenvalue weighted by molar-refractivity contribution is -0.125. The number of nitrogens with zero attached hydrogens (tertiary/aromatic N) is 1. The summed E-state index contributed by atoms with van der Waals surface area (Å²) in [7, 11) is 1.92. The number of carbonyl (C=O) groups excluding carboxylic acids is 1. The first-order chi connectivity index (χ1) is 8.52. The second-order valence-corrected chi connectivity index (χ2v) is 5.39. The monoisotopic (exact) mass is 257 g/mol. The van der Waals surface area contributed by atoms with Gasteiger partial charge in [0.25, 0.3) is 0 Å². The molecule has 1 rings (SSSR count). The molecule has 1 amide bonds. The van der Waals surface area contributed by atoms with Crippen molar-refractivity contribution in [3.8, 4) is 0 Å². The number of morpholine rings is 1. The Hall–Kier alpha value is -0.650. The van der Waals surface area contributed by atoms with Gasteiger partial charge in [-0.3, -0.25) is 9.69 Å². The van der Waals surface area contributed by atoms with E-state index in [9.17, 15) is 4.79 Å². The molecule has 0 bridgehead atoms. The van der Waals surface area contributed by atoms with Crippen LogP contribution in [0.15, 0.2) is 0 Å². The van der Waals surface area contributed by atoms with Crippen molar-refractivity contribution in [2.75, 3.05) is 39.8 Å². The first-order valence-corrected chi connectivity index (χ1v) is 6.80. The van der Waals surface area contributed by atoms with E-state index in [4.69, 9.17) is 4.74 Å². The Morgan fingerprint density at radius 1 is 1.44 bits per heavy atom. The minimum Gasteiger partial charge on any atom is -0.374 e. The highest BCUT2D eigenvalue weighted by atomic mass is 16.5. The van der Waals surface area contributed by atoms with Gasteiger partial charge >= 0.3 is 0 Å². The van der Waals surface area contributed by atoms with E-state index in [1.165, 1.54) is 0 Å². The number of amides is 1. The van der Waals surface area contributed by atoms with Gasteiger partial charge in [-0.15, -0.1) is 0 Å². The maximum Gasteiger partial charge on any atom is 0.234 e. The van der Waals surface area contributed by atoms with Gasteiger partial charge in [0.15, 0.2) is 0 Å². The third-order valence-corrected chi connectivity index (χ3v) is 3.41. The van der Waals surface area contributed by atoms with Crippen LogP contribution in [0.3, 0.4) is 0 Å². The normalized spacial score (nSPS) is 23.1. The summed E-state index contributed by atoms with van der Waals surface area (Å²) < 4.78 is 5.61. The molecule has 1 saturated heterocycles. The Kier molecular flexibility index (Phi) is 6.60. The highest BCUT2D eigenvalue weighted by Crippen LogP contribution is 2.05. The predicted octanol–water partition coefficient (Wildman–Crippen LogP) is 0.0673. The van der Waals surface area contributed by atoms with E-state index in [2.05, 4.69) is 29.4 Å². The van der Waals surface area contributed by atoms with Crippen LogP contribution in [-0.4, -0.2) is 62.8 Å². The molecule has 1 heterocycles. The summed E-state index contributed by atoms with van der Waals surface area (Å²) in [4.78, 5) is 14.0. The lowest BCUT2D eigenvalue weighted by atomic mass is 10.1. The predicted molar refractivity (Wildman–Crippen MR) is 72.5 cm³/mol. The van der Waals surface area contributed by atoms with Gasteiger partial charge in [-0.1, -0.05) is 13.8 Å². The molecule has 2 atom stereocenters. The fraction of sp³-hybridized carbons (Fsp3) is 0.923. The van der Waals surface area contributed by atoms with Crippen LogP contribution in [0.25, 0.3) is 0 Å². The van der Waals surface area contributed by atoms with Crippen molar-refractivity contribution < 1.29 is 9.53 Å². The molecule has 0 aromatic rings. The van der Waals surface area contributed by atoms with Crippen LogP contribution in [0, 0.1) is 5.92 Å². The van der Waals surface area contributed by atoms with Gasteiger partial charge in [0.2, 0.25) is 5.91 Å². The van der Waals surface area contributed by atoms with E-state index in [-0.39, 0.29) is 18.1 Å². The third-order valence-electron chi connectivity index (χ3n) is 3.41. The Morgan fingerprint density at radius 3 is 2.78 bits per heavy atom. The van der Waals surface area contributed by atoms with Gasteiger partial charge in [0, 0.05) is 25.7 Å². The van der Waals surface area contributed by atoms with E-state index < -0.39 is 0 Å². The maximum atomic E-state index is 11.9. The number of nitrogens with one attached hydrogen (secondary N) is 2. The van der Waals surface area contributed by atoms with Gasteiger partial charge in [-0.2, -0.15) is 0 Å². The largest absolute Gasteiger partial charge is 0.374 e. The quantitative estimate of drug-likeness (QED) is 0.707. The fourth-order valence-electron chi connectivity index (χ4n) is 1.94. The lowest BCUT2D eigenvalue weighted by Gasteiger charge is -2.32. The van der Waals surface area contributed by atoms with Crippen LogP contribution < -0.4 is 10.6 Å². The summed E-state index contributed by atoms with van der Waals surface area (Å²) in [6, 6.07) is 0.228. The Bertz CT molecular complexity index is 257. The lowest BCUT2D eigenvalue weighted by Crippen LogP contribution is -2.50. The first kappa shape index (κ1) is 15.4. The van der Waals surface area contributed by atoms with Crippen molar-refractivity contribution in [1.29, 1.82) is 0 Å². The zero-order valence-corrected chi connectivity index (χ0v) is 12.0. The third kappa shape index (κ3) is 5.33. The van der Waals surface area contributed by atoms with Gasteiger partial charge in [0.1, 0.15) is 0 Å². The SMILES string of the molecule is CNCC1CN(CC(=O)NC(C)C(C)C)CCO1. The molecule has 5 heteroatoms. The Labute approximate surface area is 110 Å². The Morgan fingerprint density at radius 2 is 2.17 bits per heavy atom. The van der Waals surface area contributed by atoms with Crippen LogP contribution in [0.2, 0.25) is 0 Å². The number of hydrogen-bond donors (Lipinski definition) is 2. The van der Waals surface area contributed by atoms with E-state index in [0.29, 0.717) is 19.1 Å². The molecule has 0 radical (unpaired) electrons. The van der Waals surface area contributed by atoms with Crippen LogP contribution in [0.4, 0.5) is 0 Å². The molecule has 1 fully saturated rings. The molecular formula is C13H27N3O2. The summed E-state index contributed by atoms with van der Waals surface area (Å²) in [6.45, 7) is 9.95. The van der Waals surface area contributed by atoms with Gasteiger partial charge in [0.05, 0.1) is 19.3 Å². The molecule has 0 aromatic carbocycles. The smallest absolute Gasteiger partial charge is 0.234 e. The van der Waals surface area contributed by atoms with Crippen molar-refractivity contribution in [2.24, 2.45) is 5.92 Å². The van der Waals surface area contributed by atoms with Crippen molar-refractivity contribution in [1.82, 2.24) is 15.5 Å². The molecule has 1 aliphatic heterocycles. The summed E-state index contributed by atoms with van der Waals surface area (Å²) >= 11 is 0. The molecule has 18 heavy (non-hydrogen) atoms. The molecule has 0 aromatic heterocycles. The maximum absolute atomic E-state index is 11.9. The summed E-state index contributed by atoms with van der Waals surface area (Å²) in [6.07, 6.45) is 0.194. The van der Waals surface area contributed by atoms with Gasteiger partial charge in [-0.05, 0) is 19.9 Å². The van der Waals surface area contributed by atoms with E-state index in [1.807, 2.05) is 14.0 Å². The number of hydrogen-bond acceptors (Lipinski definition) is 4. The summed E-state index contributed by atoms with van der Waals surface area (Å²) in [5.74, 6) is 0.581. The zero-order valence-electron chi connectivity index (χ0n) is 12.0. The number of likely N-dealkylation sites (N-methyl/N-ethyl adjacent to an activating group) is 1. The average Bonchev–Trinajstić information content (AvgIpc) is 2.29. The molecule has 2 unspecified atom stereocenters. The summed E-state index contributed by atoms with van der Waals surface area (Å²) in [5.41, 5.74) is 0. The molecule has 2 N–H and O–H groups in total. The molecule has 1 aliphatic rings. The molecule has 5 nitrogen and oxygen atoms in total. The van der Waals surface area contributed by atoms with E-state index >= 15 is 0 Å². The molecule has 0 saturated carbocycles. The van der Waals surface area contributed by atoms with Crippen molar-refractivity contribution in [2.45, 2.75) is 32.9 Å². The van der Waals surface area contributed by atoms with Crippen LogP contribution in [-0.2, 0) is 9.53 Å². The van der Waals surface area contributed by atoms with Crippen molar-refractivity contribution in [3.05, 3.63) is 0 Å². The van der Waals surface area contributed by atoms with Crippen molar-refractivity contribution >= 4 is 5.91 Å². The standard InChI is InChI=1S/C13H27N3O2/c1-10(2)11(3)15-13(17)9-16-5-6-18-12(8-16)7-14-4/h10-12,14H,5-9H2,1-4H3,(H,15,17). The number of carbonyl (C=O) groups is 1. The van der Waals surface area contributed by atoms with Crippen LogP contribution in [0.5, 0.6) is 0 Å². The average molecular weight is 257 g/mol. The highest BCUT2D eigenvalue weighted by molar-refractivity contribution is 5.78. The van der Waals surface area contributed by atoms with Crippen LogP contribution in [0.1, 0.15) is 20.8 Å². The minimum absolute atomic E-state index is 0.112. The highest BCUT2D eigenvalue weighted by Gasteiger charge is 2.22. The van der Waals surface area contributed by atoms with Crippen LogP contribution >= 0.6 is 0 Å². The molecule has 0 spiro atoms. The van der Waals surface area contributed by atoms with Gasteiger partial charge in [-0.25, -0.2) is 0 Å². The van der Waals surface area contributed by atoms with Gasteiger partial charge < -0.3 is 15.4 Å². The minimum atomic E-state index is 0.112. The molecule has 106 valence electrons. The first-order valence-electron chi connectivity index (χ1n) is 6.80. The molecule has 0 aliphatic carbocycles. The Balaban J connectivity index is 2.30. The van der Waals surface area contributed by atoms with E-state index in [1.54, 1.807) is 0 Å². The number of rotatable bonds is 6. The van der Waals surface area contributed by atoms with Crippen molar-refractivity contribution in [3.63, 3.8) is 0 Å². The van der Waals surface area contributed by atoms with E-state index in [0.717, 1.165) is 19.6 Å². The molecular weight excluding hydrogens is 230 g/mol. The summed E-state index contributed by atoms with van der Waals surface area (Å²) in [5, 5.41) is 6.14. The second-order valence-electron chi connectivity index (χ2n) is 5.39. The zero-order chi connectivity index (χ0) is 13.5.